The van der Waals surface area contributed by atoms with Crippen LogP contribution in [0.4, 0.5) is 5.95 Å². The maximum Gasteiger partial charge on any atom is 0.223 e. The minimum Gasteiger partial charge on any atom is -0.477 e. The minimum atomic E-state index is 0.202. The summed E-state index contributed by atoms with van der Waals surface area (Å²) in [5, 5.41) is 0. The van der Waals surface area contributed by atoms with Gasteiger partial charge in [0.15, 0.2) is 0 Å². The van der Waals surface area contributed by atoms with Crippen molar-refractivity contribution in [2.24, 2.45) is 0 Å². The smallest absolute Gasteiger partial charge is 0.223 e. The monoisotopic (exact) mass is 163 g/mol. The summed E-state index contributed by atoms with van der Waals surface area (Å²) in [5.41, 5.74) is 5.32. The van der Waals surface area contributed by atoms with Crippen LogP contribution in [0.2, 0.25) is 0 Å². The Morgan fingerprint density at radius 3 is 3.17 bits per heavy atom. The second-order valence-electron chi connectivity index (χ2n) is 2.06. The largest absolute Gasteiger partial charge is 0.477 e. The average Bonchev–Trinajstić information content (AvgIpc) is 2.05. The van der Waals surface area contributed by atoms with Crippen molar-refractivity contribution in [1.82, 2.24) is 9.97 Å². The van der Waals surface area contributed by atoms with E-state index in [1.165, 1.54) is 6.20 Å². The van der Waals surface area contributed by atoms with E-state index in [4.69, 9.17) is 16.9 Å². The predicted molar refractivity (Wildman–Crippen MR) is 45.4 cm³/mol. The van der Waals surface area contributed by atoms with Crippen LogP contribution in [0.15, 0.2) is 12.3 Å². The molecule has 0 aliphatic heterocycles. The molecule has 0 unspecified atom stereocenters. The van der Waals surface area contributed by atoms with E-state index in [1.54, 1.807) is 6.07 Å². The van der Waals surface area contributed by atoms with Crippen molar-refractivity contribution in [2.75, 3.05) is 12.3 Å². The molecule has 0 fully saturated rings. The van der Waals surface area contributed by atoms with Crippen LogP contribution in [0.3, 0.4) is 0 Å². The highest BCUT2D eigenvalue weighted by Gasteiger charge is 1.94. The second kappa shape index (κ2) is 4.19. The molecule has 4 nitrogen and oxygen atoms in total. The Balaban J connectivity index is 2.48. The zero-order valence-corrected chi connectivity index (χ0v) is 6.53. The highest BCUT2D eigenvalue weighted by molar-refractivity contribution is 5.20. The summed E-state index contributed by atoms with van der Waals surface area (Å²) in [7, 11) is 0. The molecule has 12 heavy (non-hydrogen) atoms. The Labute approximate surface area is 70.8 Å². The summed E-state index contributed by atoms with van der Waals surface area (Å²) < 4.78 is 5.15. The Hall–Kier alpha value is -1.76. The molecule has 1 heterocycles. The fourth-order valence-corrected chi connectivity index (χ4v) is 0.651. The number of hydrogen-bond acceptors (Lipinski definition) is 4. The number of terminal acetylenes is 1. The Morgan fingerprint density at radius 2 is 2.50 bits per heavy atom. The molecule has 1 aromatic heterocycles. The standard InChI is InChI=1S/C8H9N3O/c1-2-3-6-12-7-4-5-10-8(9)11-7/h1,4-5H,3,6H2,(H2,9,10,11). The van der Waals surface area contributed by atoms with Gasteiger partial charge in [0.25, 0.3) is 0 Å². The van der Waals surface area contributed by atoms with Gasteiger partial charge in [-0.15, -0.1) is 12.3 Å². The second-order valence-corrected chi connectivity index (χ2v) is 2.06. The summed E-state index contributed by atoms with van der Waals surface area (Å²) in [6.07, 6.45) is 7.13. The van der Waals surface area contributed by atoms with Gasteiger partial charge in [0.1, 0.15) is 6.61 Å². The summed E-state index contributed by atoms with van der Waals surface area (Å²) in [4.78, 5) is 7.54. The third kappa shape index (κ3) is 2.46. The zero-order valence-electron chi connectivity index (χ0n) is 6.53. The van der Waals surface area contributed by atoms with E-state index in [0.717, 1.165) is 0 Å². The van der Waals surface area contributed by atoms with E-state index in [1.807, 2.05) is 0 Å². The van der Waals surface area contributed by atoms with Gasteiger partial charge in [-0.1, -0.05) is 0 Å². The topological polar surface area (TPSA) is 61.0 Å². The number of anilines is 1. The van der Waals surface area contributed by atoms with Crippen LogP contribution in [-0.2, 0) is 0 Å². The van der Waals surface area contributed by atoms with Crippen molar-refractivity contribution < 1.29 is 4.74 Å². The molecule has 0 atom stereocenters. The molecule has 0 aliphatic rings. The molecule has 0 amide bonds. The molecule has 0 bridgehead atoms. The molecule has 0 spiro atoms. The minimum absolute atomic E-state index is 0.202. The van der Waals surface area contributed by atoms with Crippen LogP contribution in [0.1, 0.15) is 6.42 Å². The lowest BCUT2D eigenvalue weighted by Crippen LogP contribution is -2.00. The Morgan fingerprint density at radius 1 is 1.67 bits per heavy atom. The van der Waals surface area contributed by atoms with Crippen molar-refractivity contribution in [1.29, 1.82) is 0 Å². The maximum atomic E-state index is 5.32. The summed E-state index contributed by atoms with van der Waals surface area (Å²) in [6.45, 7) is 0.451. The molecule has 0 aliphatic carbocycles. The summed E-state index contributed by atoms with van der Waals surface area (Å²) in [6, 6.07) is 1.63. The van der Waals surface area contributed by atoms with E-state index in [2.05, 4.69) is 15.9 Å². The number of hydrogen-bond donors (Lipinski definition) is 1. The van der Waals surface area contributed by atoms with Crippen LogP contribution >= 0.6 is 0 Å². The van der Waals surface area contributed by atoms with Gasteiger partial charge in [-0.05, 0) is 0 Å². The molecule has 0 aromatic carbocycles. The van der Waals surface area contributed by atoms with Crippen molar-refractivity contribution in [3.8, 4) is 18.2 Å². The van der Waals surface area contributed by atoms with Crippen molar-refractivity contribution in [2.45, 2.75) is 6.42 Å². The van der Waals surface area contributed by atoms with Gasteiger partial charge in [-0.3, -0.25) is 0 Å². The Bertz CT molecular complexity index is 293. The SMILES string of the molecule is C#CCCOc1ccnc(N)n1. The first-order valence-electron chi connectivity index (χ1n) is 3.47. The fraction of sp³-hybridized carbons (Fsp3) is 0.250. The molecule has 0 saturated carbocycles. The van der Waals surface area contributed by atoms with E-state index in [9.17, 15) is 0 Å². The first kappa shape index (κ1) is 8.34. The van der Waals surface area contributed by atoms with Gasteiger partial charge in [0.05, 0.1) is 0 Å². The lowest BCUT2D eigenvalue weighted by atomic mass is 10.5. The summed E-state index contributed by atoms with van der Waals surface area (Å²) in [5.74, 6) is 3.11. The molecular weight excluding hydrogens is 154 g/mol. The highest BCUT2D eigenvalue weighted by Crippen LogP contribution is 2.05. The van der Waals surface area contributed by atoms with E-state index < -0.39 is 0 Å². The van der Waals surface area contributed by atoms with Crippen LogP contribution in [0, 0.1) is 12.3 Å². The Kier molecular flexibility index (Phi) is 2.91. The lowest BCUT2D eigenvalue weighted by Gasteiger charge is -2.01. The van der Waals surface area contributed by atoms with E-state index >= 15 is 0 Å². The molecule has 2 N–H and O–H groups in total. The van der Waals surface area contributed by atoms with Gasteiger partial charge in [0, 0.05) is 18.7 Å². The van der Waals surface area contributed by atoms with Crippen LogP contribution in [-0.4, -0.2) is 16.6 Å². The van der Waals surface area contributed by atoms with Gasteiger partial charge in [-0.25, -0.2) is 4.98 Å². The average molecular weight is 163 g/mol. The highest BCUT2D eigenvalue weighted by atomic mass is 16.5. The van der Waals surface area contributed by atoms with Crippen LogP contribution in [0.5, 0.6) is 5.88 Å². The number of nitrogens with zero attached hydrogens (tertiary/aromatic N) is 2. The molecule has 4 heteroatoms. The fourth-order valence-electron chi connectivity index (χ4n) is 0.651. The predicted octanol–water partition coefficient (Wildman–Crippen LogP) is 0.461. The number of nitrogens with two attached hydrogens (primary N) is 1. The first-order valence-corrected chi connectivity index (χ1v) is 3.47. The van der Waals surface area contributed by atoms with Crippen molar-refractivity contribution in [3.05, 3.63) is 12.3 Å². The van der Waals surface area contributed by atoms with Gasteiger partial charge in [0.2, 0.25) is 11.8 Å². The van der Waals surface area contributed by atoms with Gasteiger partial charge in [-0.2, -0.15) is 4.98 Å². The first-order chi connectivity index (χ1) is 5.83. The molecule has 62 valence electrons. The summed E-state index contributed by atoms with van der Waals surface area (Å²) >= 11 is 0. The molecule has 0 radical (unpaired) electrons. The van der Waals surface area contributed by atoms with Crippen molar-refractivity contribution in [3.63, 3.8) is 0 Å². The van der Waals surface area contributed by atoms with Gasteiger partial charge >= 0.3 is 0 Å². The van der Waals surface area contributed by atoms with Crippen molar-refractivity contribution >= 4 is 5.95 Å². The molecule has 1 rings (SSSR count). The van der Waals surface area contributed by atoms with Crippen LogP contribution < -0.4 is 10.5 Å². The third-order valence-electron chi connectivity index (χ3n) is 1.15. The molecule has 0 saturated heterocycles. The van der Waals surface area contributed by atoms with E-state index in [0.29, 0.717) is 18.9 Å². The molecular formula is C8H9N3O. The zero-order chi connectivity index (χ0) is 8.81. The third-order valence-corrected chi connectivity index (χ3v) is 1.15. The van der Waals surface area contributed by atoms with Crippen LogP contribution in [0.25, 0.3) is 0 Å². The van der Waals surface area contributed by atoms with Gasteiger partial charge < -0.3 is 10.5 Å². The number of nitrogen functional groups attached to an aromatic ring is 1. The number of rotatable bonds is 3. The number of ether oxygens (including phenoxy) is 1. The quantitative estimate of drug-likeness (QED) is 0.519. The molecule has 1 aromatic rings. The maximum absolute atomic E-state index is 5.32. The van der Waals surface area contributed by atoms with E-state index in [-0.39, 0.29) is 5.95 Å². The number of aromatic nitrogens is 2. The lowest BCUT2D eigenvalue weighted by molar-refractivity contribution is 0.314. The normalized spacial score (nSPS) is 8.92.